The maximum absolute atomic E-state index is 9.57. The standard InChI is InChI=1S/C4H7O2.Rb/c1-2-3-4(5)6;/h2H,3H2,1H3,(H,5,6);/q-1;+1. The van der Waals surface area contributed by atoms with Crippen LogP contribution in [0.4, 0.5) is 0 Å². The Labute approximate surface area is 92.1 Å². The molecule has 0 aromatic rings. The summed E-state index contributed by atoms with van der Waals surface area (Å²) < 4.78 is 0. The molecule has 2 nitrogen and oxygen atoms in total. The van der Waals surface area contributed by atoms with Gasteiger partial charge in [0.15, 0.2) is 0 Å². The van der Waals surface area contributed by atoms with Gasteiger partial charge >= 0.3 is 58.2 Å². The molecule has 0 aliphatic rings. The molecular formula is C4H7O2Rb. The predicted octanol–water partition coefficient (Wildman–Crippen LogP) is -2.31. The third-order valence-corrected chi connectivity index (χ3v) is 0.379. The van der Waals surface area contributed by atoms with Crippen LogP contribution in [-0.2, 0) is 4.79 Å². The van der Waals surface area contributed by atoms with Crippen LogP contribution < -0.4 is 58.2 Å². The summed E-state index contributed by atoms with van der Waals surface area (Å²) in [5.41, 5.74) is 0. The van der Waals surface area contributed by atoms with Crippen LogP contribution in [0.5, 0.6) is 0 Å². The first kappa shape index (κ1) is 11.1. The summed E-state index contributed by atoms with van der Waals surface area (Å²) in [4.78, 5) is 9.57. The van der Waals surface area contributed by atoms with Gasteiger partial charge in [-0.2, -0.15) is 6.92 Å². The van der Waals surface area contributed by atoms with Crippen LogP contribution in [-0.4, -0.2) is 11.1 Å². The molecule has 0 saturated carbocycles. The first-order valence-corrected chi connectivity index (χ1v) is 1.77. The van der Waals surface area contributed by atoms with E-state index in [1.165, 1.54) is 0 Å². The van der Waals surface area contributed by atoms with E-state index in [1.54, 1.807) is 13.3 Å². The van der Waals surface area contributed by atoms with E-state index in [-0.39, 0.29) is 64.6 Å². The van der Waals surface area contributed by atoms with Gasteiger partial charge in [0, 0.05) is 0 Å². The Morgan fingerprint density at radius 1 is 1.86 bits per heavy atom. The largest absolute Gasteiger partial charge is 1.00 e. The topological polar surface area (TPSA) is 37.3 Å². The molecule has 0 spiro atoms. The number of rotatable bonds is 2. The maximum atomic E-state index is 9.57. The minimum absolute atomic E-state index is 0. The second-order valence-electron chi connectivity index (χ2n) is 1.01. The molecule has 1 N–H and O–H groups in total. The summed E-state index contributed by atoms with van der Waals surface area (Å²) in [5, 5.41) is 7.88. The fourth-order valence-electron chi connectivity index (χ4n) is 0.175. The molecule has 0 atom stereocenters. The van der Waals surface area contributed by atoms with E-state index in [4.69, 9.17) is 5.11 Å². The molecule has 0 aromatic carbocycles. The zero-order valence-corrected chi connectivity index (χ0v) is 9.56. The Morgan fingerprint density at radius 2 is 2.29 bits per heavy atom. The van der Waals surface area contributed by atoms with E-state index in [2.05, 4.69) is 0 Å². The van der Waals surface area contributed by atoms with E-state index in [1.807, 2.05) is 0 Å². The van der Waals surface area contributed by atoms with Crippen molar-refractivity contribution in [3.8, 4) is 0 Å². The van der Waals surface area contributed by atoms with Gasteiger partial charge in [-0.25, -0.2) is 0 Å². The van der Waals surface area contributed by atoms with Crippen molar-refractivity contribution in [2.75, 3.05) is 0 Å². The molecule has 0 aromatic heterocycles. The second-order valence-corrected chi connectivity index (χ2v) is 1.01. The Hall–Kier alpha value is 1.28. The van der Waals surface area contributed by atoms with E-state index in [0.717, 1.165) is 0 Å². The van der Waals surface area contributed by atoms with E-state index >= 15 is 0 Å². The van der Waals surface area contributed by atoms with Gasteiger partial charge < -0.3 is 11.5 Å². The molecule has 0 saturated heterocycles. The third-order valence-electron chi connectivity index (χ3n) is 0.379. The number of carboxylic acids is 1. The summed E-state index contributed by atoms with van der Waals surface area (Å²) >= 11 is 0. The van der Waals surface area contributed by atoms with E-state index in [0.29, 0.717) is 0 Å². The third kappa shape index (κ3) is 11.1. The molecule has 0 fully saturated rings. The Balaban J connectivity index is 0. The van der Waals surface area contributed by atoms with Crippen molar-refractivity contribution in [3.05, 3.63) is 6.42 Å². The van der Waals surface area contributed by atoms with Crippen LogP contribution in [0.1, 0.15) is 13.3 Å². The van der Waals surface area contributed by atoms with Gasteiger partial charge in [0.2, 0.25) is 0 Å². The van der Waals surface area contributed by atoms with Gasteiger partial charge in [-0.1, -0.05) is 6.42 Å². The normalized spacial score (nSPS) is 7.00. The van der Waals surface area contributed by atoms with Gasteiger partial charge in [0.1, 0.15) is 0 Å². The minimum Gasteiger partial charge on any atom is -0.483 e. The van der Waals surface area contributed by atoms with Gasteiger partial charge in [0.25, 0.3) is 5.97 Å². The smallest absolute Gasteiger partial charge is 0.483 e. The van der Waals surface area contributed by atoms with Crippen molar-refractivity contribution in [1.82, 2.24) is 0 Å². The first-order chi connectivity index (χ1) is 2.77. The summed E-state index contributed by atoms with van der Waals surface area (Å²) in [5.74, 6) is -0.766. The van der Waals surface area contributed by atoms with Crippen molar-refractivity contribution in [2.45, 2.75) is 13.3 Å². The quantitative estimate of drug-likeness (QED) is 0.476. The van der Waals surface area contributed by atoms with Crippen LogP contribution >= 0.6 is 0 Å². The molecule has 36 valence electrons. The number of carbonyl (C=O) groups is 1. The SMILES string of the molecule is C[CH-]CC(=O)O.[Rb+]. The van der Waals surface area contributed by atoms with Gasteiger partial charge in [0.05, 0.1) is 0 Å². The Bertz CT molecular complexity index is 53.7. The molecule has 3 heteroatoms. The van der Waals surface area contributed by atoms with Crippen LogP contribution in [0.25, 0.3) is 0 Å². The fraction of sp³-hybridized carbons (Fsp3) is 0.500. The number of carboxylic acid groups (broad SMARTS) is 1. The Kier molecular flexibility index (Phi) is 11.6. The molecule has 7 heavy (non-hydrogen) atoms. The van der Waals surface area contributed by atoms with Crippen molar-refractivity contribution in [1.29, 1.82) is 0 Å². The zero-order chi connectivity index (χ0) is 4.99. The molecule has 0 aliphatic carbocycles. The number of hydrogen-bond acceptors (Lipinski definition) is 1. The molecule has 0 rings (SSSR count). The van der Waals surface area contributed by atoms with Crippen molar-refractivity contribution in [3.63, 3.8) is 0 Å². The van der Waals surface area contributed by atoms with Crippen molar-refractivity contribution >= 4 is 5.97 Å². The predicted molar refractivity (Wildman–Crippen MR) is 22.2 cm³/mol. The van der Waals surface area contributed by atoms with Gasteiger partial charge in [-0.15, -0.1) is 0 Å². The number of aliphatic carboxylic acids is 1. The molecule has 0 radical (unpaired) electrons. The van der Waals surface area contributed by atoms with Crippen LogP contribution in [0.2, 0.25) is 0 Å². The fourth-order valence-corrected chi connectivity index (χ4v) is 0.175. The average Bonchev–Trinajstić information content (AvgIpc) is 1.35. The molecule has 0 bridgehead atoms. The van der Waals surface area contributed by atoms with E-state index in [9.17, 15) is 4.79 Å². The van der Waals surface area contributed by atoms with E-state index < -0.39 is 5.97 Å². The Morgan fingerprint density at radius 3 is 2.29 bits per heavy atom. The summed E-state index contributed by atoms with van der Waals surface area (Å²) in [6.07, 6.45) is 1.77. The summed E-state index contributed by atoms with van der Waals surface area (Å²) in [6.45, 7) is 1.72. The van der Waals surface area contributed by atoms with Crippen LogP contribution in [0, 0.1) is 6.42 Å². The number of hydrogen-bond donors (Lipinski definition) is 1. The molecule has 0 unspecified atom stereocenters. The van der Waals surface area contributed by atoms with Crippen LogP contribution in [0.3, 0.4) is 0 Å². The molecular weight excluding hydrogens is 166 g/mol. The summed E-state index contributed by atoms with van der Waals surface area (Å²) in [7, 11) is 0. The zero-order valence-electron chi connectivity index (χ0n) is 4.64. The van der Waals surface area contributed by atoms with Gasteiger partial charge in [-0.05, 0) is 0 Å². The molecule has 0 heterocycles. The maximum Gasteiger partial charge on any atom is 1.00 e. The van der Waals surface area contributed by atoms with Crippen molar-refractivity contribution < 1.29 is 68.1 Å². The first-order valence-electron chi connectivity index (χ1n) is 1.77. The second kappa shape index (κ2) is 7.28. The minimum atomic E-state index is -0.766. The molecule has 0 amide bonds. The molecule has 0 aliphatic heterocycles. The average molecular weight is 173 g/mol. The van der Waals surface area contributed by atoms with Crippen LogP contribution in [0.15, 0.2) is 0 Å². The summed E-state index contributed by atoms with van der Waals surface area (Å²) in [6, 6.07) is 0. The van der Waals surface area contributed by atoms with Gasteiger partial charge in [-0.3, -0.25) is 4.79 Å². The van der Waals surface area contributed by atoms with Crippen molar-refractivity contribution in [2.24, 2.45) is 0 Å². The monoisotopic (exact) mass is 172 g/mol.